The number of aliphatic hydroxyl groups excluding tert-OH is 1. The highest BCUT2D eigenvalue weighted by Gasteiger charge is 2.20. The molecule has 0 heterocycles. The summed E-state index contributed by atoms with van der Waals surface area (Å²) in [6, 6.07) is 4.44. The number of rotatable bonds is 7. The number of aliphatic hydroxyl groups is 1. The molecule has 5 N–H and O–H groups in total. The topological polar surface area (TPSA) is 90.9 Å². The standard InChI is InChI=1S/C14H22FN3O2/c1-3-14(2,6-7-19)17-9-11-5-4-10(8-12(11)15)13(16)18-20/h4-5,8,17,19-20H,3,6-7,9H2,1-2H3,(H2,16,18). The molecular formula is C14H22FN3O2. The van der Waals surface area contributed by atoms with Gasteiger partial charge in [0.15, 0.2) is 5.84 Å². The van der Waals surface area contributed by atoms with Crippen LogP contribution in [0.1, 0.15) is 37.8 Å². The van der Waals surface area contributed by atoms with Gasteiger partial charge in [0.25, 0.3) is 0 Å². The molecule has 0 aliphatic rings. The van der Waals surface area contributed by atoms with E-state index in [-0.39, 0.29) is 18.0 Å². The molecule has 5 nitrogen and oxygen atoms in total. The van der Waals surface area contributed by atoms with Gasteiger partial charge in [-0.25, -0.2) is 4.39 Å². The monoisotopic (exact) mass is 283 g/mol. The summed E-state index contributed by atoms with van der Waals surface area (Å²) in [6.45, 7) is 4.45. The van der Waals surface area contributed by atoms with Crippen LogP contribution in [0.25, 0.3) is 0 Å². The lowest BCUT2D eigenvalue weighted by molar-refractivity contribution is 0.214. The minimum Gasteiger partial charge on any atom is -0.409 e. The lowest BCUT2D eigenvalue weighted by atomic mass is 9.94. The molecule has 0 bridgehead atoms. The normalized spacial score (nSPS) is 15.1. The van der Waals surface area contributed by atoms with E-state index in [2.05, 4.69) is 10.5 Å². The Balaban J connectivity index is 2.79. The number of nitrogens with zero attached hydrogens (tertiary/aromatic N) is 1. The zero-order valence-corrected chi connectivity index (χ0v) is 11.9. The van der Waals surface area contributed by atoms with Crippen LogP contribution >= 0.6 is 0 Å². The maximum Gasteiger partial charge on any atom is 0.170 e. The minimum atomic E-state index is -0.413. The van der Waals surface area contributed by atoms with Crippen molar-refractivity contribution in [3.05, 3.63) is 35.1 Å². The van der Waals surface area contributed by atoms with E-state index in [0.717, 1.165) is 6.42 Å². The first-order valence-electron chi connectivity index (χ1n) is 6.58. The maximum absolute atomic E-state index is 13.9. The molecule has 0 spiro atoms. The molecule has 1 aromatic rings. The molecule has 6 heteroatoms. The molecule has 0 aliphatic carbocycles. The zero-order valence-electron chi connectivity index (χ0n) is 11.9. The SMILES string of the molecule is CCC(C)(CCO)NCc1ccc(/C(N)=N/O)cc1F. The molecule has 1 unspecified atom stereocenters. The van der Waals surface area contributed by atoms with Crippen molar-refractivity contribution >= 4 is 5.84 Å². The first kappa shape index (κ1) is 16.4. The van der Waals surface area contributed by atoms with E-state index in [9.17, 15) is 4.39 Å². The van der Waals surface area contributed by atoms with Gasteiger partial charge in [-0.3, -0.25) is 0 Å². The van der Waals surface area contributed by atoms with Crippen molar-refractivity contribution in [2.45, 2.75) is 38.8 Å². The van der Waals surface area contributed by atoms with E-state index in [1.165, 1.54) is 6.07 Å². The predicted molar refractivity (Wildman–Crippen MR) is 76.1 cm³/mol. The average Bonchev–Trinajstić information content (AvgIpc) is 2.45. The summed E-state index contributed by atoms with van der Waals surface area (Å²) in [4.78, 5) is 0. The summed E-state index contributed by atoms with van der Waals surface area (Å²) < 4.78 is 13.9. The molecule has 0 radical (unpaired) electrons. The Morgan fingerprint density at radius 3 is 2.70 bits per heavy atom. The van der Waals surface area contributed by atoms with Crippen molar-refractivity contribution < 1.29 is 14.7 Å². The highest BCUT2D eigenvalue weighted by Crippen LogP contribution is 2.16. The van der Waals surface area contributed by atoms with Gasteiger partial charge in [-0.15, -0.1) is 0 Å². The van der Waals surface area contributed by atoms with Gasteiger partial charge in [-0.2, -0.15) is 0 Å². The zero-order chi connectivity index (χ0) is 15.2. The second kappa shape index (κ2) is 7.21. The van der Waals surface area contributed by atoms with Crippen molar-refractivity contribution in [1.82, 2.24) is 5.32 Å². The van der Waals surface area contributed by atoms with E-state index in [1.54, 1.807) is 12.1 Å². The van der Waals surface area contributed by atoms with Crippen LogP contribution in [0.2, 0.25) is 0 Å². The lowest BCUT2D eigenvalue weighted by Crippen LogP contribution is -2.42. The number of benzene rings is 1. The summed E-state index contributed by atoms with van der Waals surface area (Å²) in [7, 11) is 0. The largest absolute Gasteiger partial charge is 0.409 e. The van der Waals surface area contributed by atoms with Crippen LogP contribution in [0.3, 0.4) is 0 Å². The third-order valence-corrected chi connectivity index (χ3v) is 3.61. The fraction of sp³-hybridized carbons (Fsp3) is 0.500. The van der Waals surface area contributed by atoms with Crippen LogP contribution < -0.4 is 11.1 Å². The van der Waals surface area contributed by atoms with Gasteiger partial charge < -0.3 is 21.4 Å². The quantitative estimate of drug-likeness (QED) is 0.264. The summed E-state index contributed by atoms with van der Waals surface area (Å²) in [5.74, 6) is -0.536. The Morgan fingerprint density at radius 1 is 1.50 bits per heavy atom. The van der Waals surface area contributed by atoms with Crippen LogP contribution in [0.4, 0.5) is 4.39 Å². The smallest absolute Gasteiger partial charge is 0.170 e. The Morgan fingerprint density at radius 2 is 2.20 bits per heavy atom. The van der Waals surface area contributed by atoms with Crippen LogP contribution in [-0.4, -0.2) is 28.3 Å². The van der Waals surface area contributed by atoms with Gasteiger partial charge in [0.2, 0.25) is 0 Å². The molecule has 1 aromatic carbocycles. The second-order valence-corrected chi connectivity index (χ2v) is 5.03. The average molecular weight is 283 g/mol. The highest BCUT2D eigenvalue weighted by molar-refractivity contribution is 5.97. The Labute approximate surface area is 118 Å². The van der Waals surface area contributed by atoms with Gasteiger partial charge in [0.1, 0.15) is 5.82 Å². The molecule has 0 aromatic heterocycles. The molecule has 112 valence electrons. The third-order valence-electron chi connectivity index (χ3n) is 3.61. The van der Waals surface area contributed by atoms with E-state index < -0.39 is 5.82 Å². The van der Waals surface area contributed by atoms with E-state index in [1.807, 2.05) is 13.8 Å². The number of amidine groups is 1. The Bertz CT molecular complexity index is 479. The van der Waals surface area contributed by atoms with E-state index >= 15 is 0 Å². The predicted octanol–water partition coefficient (Wildman–Crippen LogP) is 1.56. The molecule has 20 heavy (non-hydrogen) atoms. The van der Waals surface area contributed by atoms with Gasteiger partial charge in [-0.05, 0) is 25.8 Å². The number of halogens is 1. The molecule has 0 saturated carbocycles. The van der Waals surface area contributed by atoms with Crippen LogP contribution in [0.5, 0.6) is 0 Å². The molecule has 1 rings (SSSR count). The molecule has 1 atom stereocenters. The first-order chi connectivity index (χ1) is 9.45. The Kier molecular flexibility index (Phi) is 5.91. The first-order valence-corrected chi connectivity index (χ1v) is 6.58. The van der Waals surface area contributed by atoms with Gasteiger partial charge in [-0.1, -0.05) is 24.2 Å². The van der Waals surface area contributed by atoms with Crippen molar-refractivity contribution in [2.24, 2.45) is 10.9 Å². The van der Waals surface area contributed by atoms with Crippen molar-refractivity contribution in [1.29, 1.82) is 0 Å². The maximum atomic E-state index is 13.9. The van der Waals surface area contributed by atoms with Crippen molar-refractivity contribution in [2.75, 3.05) is 6.61 Å². The van der Waals surface area contributed by atoms with Gasteiger partial charge >= 0.3 is 0 Å². The van der Waals surface area contributed by atoms with Crippen LogP contribution in [-0.2, 0) is 6.54 Å². The summed E-state index contributed by atoms with van der Waals surface area (Å²) >= 11 is 0. The number of hydrogen-bond donors (Lipinski definition) is 4. The van der Waals surface area contributed by atoms with Crippen LogP contribution in [0, 0.1) is 5.82 Å². The molecule has 0 aliphatic heterocycles. The summed E-state index contributed by atoms with van der Waals surface area (Å²) in [5.41, 5.74) is 6.01. The molecular weight excluding hydrogens is 261 g/mol. The fourth-order valence-corrected chi connectivity index (χ4v) is 1.85. The summed E-state index contributed by atoms with van der Waals surface area (Å²) in [5, 5.41) is 23.7. The fourth-order valence-electron chi connectivity index (χ4n) is 1.85. The van der Waals surface area contributed by atoms with E-state index in [0.29, 0.717) is 24.1 Å². The van der Waals surface area contributed by atoms with Crippen molar-refractivity contribution in [3.63, 3.8) is 0 Å². The number of nitrogens with one attached hydrogen (secondary N) is 1. The van der Waals surface area contributed by atoms with Crippen molar-refractivity contribution in [3.8, 4) is 0 Å². The van der Waals surface area contributed by atoms with Gasteiger partial charge in [0.05, 0.1) is 0 Å². The Hall–Kier alpha value is -1.66. The summed E-state index contributed by atoms with van der Waals surface area (Å²) in [6.07, 6.45) is 1.44. The number of hydrogen-bond acceptors (Lipinski definition) is 4. The number of oxime groups is 1. The third kappa shape index (κ3) is 4.18. The number of nitrogens with two attached hydrogens (primary N) is 1. The minimum absolute atomic E-state index is 0.0856. The van der Waals surface area contributed by atoms with Gasteiger partial charge in [0, 0.05) is 29.8 Å². The van der Waals surface area contributed by atoms with E-state index in [4.69, 9.17) is 16.0 Å². The highest BCUT2D eigenvalue weighted by atomic mass is 19.1. The molecule has 0 fully saturated rings. The lowest BCUT2D eigenvalue weighted by Gasteiger charge is -2.29. The molecule has 0 saturated heterocycles. The molecule has 0 amide bonds. The second-order valence-electron chi connectivity index (χ2n) is 5.03. The van der Waals surface area contributed by atoms with Crippen LogP contribution in [0.15, 0.2) is 23.4 Å².